The van der Waals surface area contributed by atoms with E-state index in [2.05, 4.69) is 52.3 Å². The van der Waals surface area contributed by atoms with Crippen molar-refractivity contribution in [2.45, 2.75) is 77.9 Å². The fourth-order valence-electron chi connectivity index (χ4n) is 4.53. The molecule has 2 unspecified atom stereocenters. The van der Waals surface area contributed by atoms with Crippen molar-refractivity contribution in [3.05, 3.63) is 0 Å². The summed E-state index contributed by atoms with van der Waals surface area (Å²) in [5.41, 5.74) is 0. The van der Waals surface area contributed by atoms with Crippen LogP contribution in [0.1, 0.15) is 34.6 Å². The zero-order valence-electron chi connectivity index (χ0n) is 20.7. The first kappa shape index (κ1) is 28.5. The number of nitrogens with zero attached hydrogens (tertiary/aromatic N) is 1. The predicted octanol–water partition coefficient (Wildman–Crippen LogP) is 5.30. The van der Waals surface area contributed by atoms with Crippen LogP contribution in [0.4, 0.5) is 0 Å². The van der Waals surface area contributed by atoms with Crippen molar-refractivity contribution in [1.82, 2.24) is 4.57 Å². The van der Waals surface area contributed by atoms with Gasteiger partial charge in [0.15, 0.2) is 0 Å². The van der Waals surface area contributed by atoms with Gasteiger partial charge in [-0.05, 0) is 68.2 Å². The van der Waals surface area contributed by atoms with Gasteiger partial charge in [-0.3, -0.25) is 0 Å². The van der Waals surface area contributed by atoms with Crippen LogP contribution in [0, 0.1) is 11.8 Å². The fourth-order valence-corrected chi connectivity index (χ4v) is 12.6. The van der Waals surface area contributed by atoms with Gasteiger partial charge in [0.2, 0.25) is 0 Å². The molecule has 0 bridgehead atoms. The van der Waals surface area contributed by atoms with E-state index in [1.807, 2.05) is 0 Å². The van der Waals surface area contributed by atoms with Gasteiger partial charge in [-0.15, -0.1) is 0 Å². The van der Waals surface area contributed by atoms with Gasteiger partial charge < -0.3 is 22.3 Å². The average Bonchev–Trinajstić information content (AvgIpc) is 2.69. The molecule has 8 heteroatoms. The lowest BCUT2D eigenvalue weighted by atomic mass is 10.2. The molecular weight excluding hydrogens is 402 g/mol. The maximum absolute atomic E-state index is 5.76. The maximum Gasteiger partial charge on any atom is 0.334 e. The summed E-state index contributed by atoms with van der Waals surface area (Å²) in [5, 5.41) is 0. The Balaban J connectivity index is 5.43. The van der Waals surface area contributed by atoms with Gasteiger partial charge in [0.05, 0.1) is 0 Å². The normalized spacial score (nSPS) is 15.9. The van der Waals surface area contributed by atoms with Crippen molar-refractivity contribution in [2.75, 3.05) is 41.5 Å². The summed E-state index contributed by atoms with van der Waals surface area (Å²) in [7, 11) is 1.63. The Morgan fingerprint density at radius 1 is 0.643 bits per heavy atom. The molecule has 0 saturated heterocycles. The van der Waals surface area contributed by atoms with Crippen LogP contribution in [0.25, 0.3) is 0 Å². The second kappa shape index (κ2) is 13.0. The SMILES string of the molecule is CC[Si](CC)(CC)N(CC(C)C[Si](C)(OC)OC)CC(C)C[Si](C)(OC)OC. The highest BCUT2D eigenvalue weighted by molar-refractivity contribution is 6.77. The third kappa shape index (κ3) is 8.29. The van der Waals surface area contributed by atoms with E-state index in [1.54, 1.807) is 28.4 Å². The third-order valence-electron chi connectivity index (χ3n) is 6.87. The van der Waals surface area contributed by atoms with E-state index < -0.39 is 25.4 Å². The van der Waals surface area contributed by atoms with E-state index in [9.17, 15) is 0 Å². The third-order valence-corrected chi connectivity index (χ3v) is 18.9. The van der Waals surface area contributed by atoms with Gasteiger partial charge >= 0.3 is 17.1 Å². The molecule has 0 fully saturated rings. The van der Waals surface area contributed by atoms with Crippen molar-refractivity contribution in [3.8, 4) is 0 Å². The van der Waals surface area contributed by atoms with Gasteiger partial charge in [-0.2, -0.15) is 0 Å². The molecule has 170 valence electrons. The Morgan fingerprint density at radius 2 is 0.929 bits per heavy atom. The van der Waals surface area contributed by atoms with E-state index in [1.165, 1.54) is 18.1 Å². The first-order valence-corrected chi connectivity index (χ1v) is 18.6. The highest BCUT2D eigenvalue weighted by Gasteiger charge is 2.39. The van der Waals surface area contributed by atoms with Crippen LogP contribution in [0.15, 0.2) is 0 Å². The summed E-state index contributed by atoms with van der Waals surface area (Å²) in [6.45, 7) is 18.5. The molecule has 0 aliphatic rings. The van der Waals surface area contributed by atoms with Gasteiger partial charge in [0.25, 0.3) is 0 Å². The summed E-state index contributed by atoms with van der Waals surface area (Å²) >= 11 is 0. The maximum atomic E-state index is 5.76. The van der Waals surface area contributed by atoms with Crippen LogP contribution >= 0.6 is 0 Å². The topological polar surface area (TPSA) is 40.2 Å². The van der Waals surface area contributed by atoms with E-state index in [4.69, 9.17) is 17.7 Å². The average molecular weight is 452 g/mol. The zero-order valence-corrected chi connectivity index (χ0v) is 23.7. The molecule has 0 amide bonds. The minimum atomic E-state index is -2.05. The molecule has 0 aliphatic heterocycles. The van der Waals surface area contributed by atoms with E-state index >= 15 is 0 Å². The van der Waals surface area contributed by atoms with Crippen molar-refractivity contribution < 1.29 is 17.7 Å². The Morgan fingerprint density at radius 3 is 1.14 bits per heavy atom. The minimum absolute atomic E-state index is 0.564. The van der Waals surface area contributed by atoms with Gasteiger partial charge in [-0.25, -0.2) is 0 Å². The Kier molecular flexibility index (Phi) is 13.2. The number of hydrogen-bond acceptors (Lipinski definition) is 5. The molecule has 28 heavy (non-hydrogen) atoms. The summed E-state index contributed by atoms with van der Waals surface area (Å²) in [6, 6.07) is 6.01. The smallest absolute Gasteiger partial charge is 0.334 e. The molecule has 0 aromatic heterocycles. The zero-order chi connectivity index (χ0) is 22.0. The summed E-state index contributed by atoms with van der Waals surface area (Å²) in [4.78, 5) is 0. The van der Waals surface area contributed by atoms with Crippen LogP contribution in [0.3, 0.4) is 0 Å². The highest BCUT2D eigenvalue weighted by atomic mass is 28.4. The summed E-state index contributed by atoms with van der Waals surface area (Å²) < 4.78 is 25.9. The number of rotatable bonds is 16. The van der Waals surface area contributed by atoms with Crippen molar-refractivity contribution in [3.63, 3.8) is 0 Å². The van der Waals surface area contributed by atoms with Crippen molar-refractivity contribution >= 4 is 25.4 Å². The first-order valence-electron chi connectivity index (χ1n) is 11.0. The lowest BCUT2D eigenvalue weighted by Crippen LogP contribution is -2.56. The van der Waals surface area contributed by atoms with Gasteiger partial charge in [0, 0.05) is 28.4 Å². The largest absolute Gasteiger partial charge is 0.398 e. The van der Waals surface area contributed by atoms with Crippen LogP contribution in [0.2, 0.25) is 43.3 Å². The molecule has 0 N–H and O–H groups in total. The van der Waals surface area contributed by atoms with E-state index in [-0.39, 0.29) is 0 Å². The molecular formula is C20H49NO4Si3. The molecule has 0 aromatic rings. The Hall–Kier alpha value is 0.451. The minimum Gasteiger partial charge on any atom is -0.398 e. The second-order valence-electron chi connectivity index (χ2n) is 8.89. The fraction of sp³-hybridized carbons (Fsp3) is 1.00. The first-order chi connectivity index (χ1) is 13.0. The number of hydrogen-bond donors (Lipinski definition) is 0. The van der Waals surface area contributed by atoms with E-state index in [0.717, 1.165) is 25.2 Å². The van der Waals surface area contributed by atoms with Gasteiger partial charge in [0.1, 0.15) is 8.24 Å². The lowest BCUT2D eigenvalue weighted by Gasteiger charge is -2.44. The quantitative estimate of drug-likeness (QED) is 0.298. The Labute approximate surface area is 179 Å². The molecule has 0 rings (SSSR count). The molecule has 0 aliphatic carbocycles. The monoisotopic (exact) mass is 451 g/mol. The van der Waals surface area contributed by atoms with Crippen LogP contribution < -0.4 is 0 Å². The molecule has 0 aromatic carbocycles. The predicted molar refractivity (Wildman–Crippen MR) is 128 cm³/mol. The van der Waals surface area contributed by atoms with Crippen LogP contribution in [-0.4, -0.2) is 71.5 Å². The van der Waals surface area contributed by atoms with Gasteiger partial charge in [-0.1, -0.05) is 34.6 Å². The van der Waals surface area contributed by atoms with Crippen LogP contribution in [0.5, 0.6) is 0 Å². The molecule has 5 nitrogen and oxygen atoms in total. The lowest BCUT2D eigenvalue weighted by molar-refractivity contribution is 0.228. The summed E-state index contributed by atoms with van der Waals surface area (Å²) in [5.74, 6) is 1.13. The summed E-state index contributed by atoms with van der Waals surface area (Å²) in [6.07, 6.45) is 0. The van der Waals surface area contributed by atoms with Crippen molar-refractivity contribution in [2.24, 2.45) is 11.8 Å². The molecule has 0 spiro atoms. The molecule has 0 heterocycles. The molecule has 0 radical (unpaired) electrons. The Bertz CT molecular complexity index is 380. The second-order valence-corrected chi connectivity index (χ2v) is 21.1. The molecule has 2 atom stereocenters. The highest BCUT2D eigenvalue weighted by Crippen LogP contribution is 2.30. The van der Waals surface area contributed by atoms with E-state index in [0.29, 0.717) is 11.8 Å². The molecule has 0 saturated carbocycles. The van der Waals surface area contributed by atoms with Crippen LogP contribution in [-0.2, 0) is 17.7 Å². The standard InChI is InChI=1S/C20H49NO4Si3/c1-12-28(13-2,14-3)21(15-19(4)17-26(10,22-6)23-7)16-20(5)18-27(11,24-8)25-9/h19-20H,12-18H2,1-11H3. The van der Waals surface area contributed by atoms with Crippen molar-refractivity contribution in [1.29, 1.82) is 0 Å².